The van der Waals surface area contributed by atoms with Crippen LogP contribution in [0.4, 0.5) is 4.39 Å². The number of hydrogen-bond donors (Lipinski definition) is 1. The van der Waals surface area contributed by atoms with E-state index in [-0.39, 0.29) is 30.4 Å². The summed E-state index contributed by atoms with van der Waals surface area (Å²) in [7, 11) is 1.74. The van der Waals surface area contributed by atoms with Crippen LogP contribution in [0.5, 0.6) is 0 Å². The van der Waals surface area contributed by atoms with Crippen LogP contribution in [-0.2, 0) is 11.8 Å². The second-order valence-corrected chi connectivity index (χ2v) is 6.85. The van der Waals surface area contributed by atoms with Crippen LogP contribution < -0.4 is 5.32 Å². The van der Waals surface area contributed by atoms with Gasteiger partial charge in [0, 0.05) is 43.5 Å². The monoisotopic (exact) mass is 380 g/mol. The predicted octanol–water partition coefficient (Wildman–Crippen LogP) is 2.40. The van der Waals surface area contributed by atoms with Crippen molar-refractivity contribution in [2.24, 2.45) is 7.05 Å². The third-order valence-electron chi connectivity index (χ3n) is 4.47. The summed E-state index contributed by atoms with van der Waals surface area (Å²) in [6, 6.07) is 4.26. The van der Waals surface area contributed by atoms with E-state index in [1.165, 1.54) is 12.3 Å². The minimum atomic E-state index is -0.379. The molecular weight excluding hydrogens is 359 g/mol. The van der Waals surface area contributed by atoms with Crippen molar-refractivity contribution in [3.8, 4) is 0 Å². The number of aromatic nitrogens is 2. The van der Waals surface area contributed by atoms with Gasteiger partial charge in [-0.2, -0.15) is 5.10 Å². The average Bonchev–Trinajstić information content (AvgIpc) is 3.03. The standard InChI is InChI=1S/C18H22ClFN4O2/c1-12-10-24(6-7-26-12)16(17-14(19)4-3-5-15(17)20)9-21-18(25)13-8-22-23(2)11-13/h3-5,8,11-12,16H,6-7,9-10H2,1-2H3,(H,21,25). The van der Waals surface area contributed by atoms with Gasteiger partial charge < -0.3 is 10.1 Å². The van der Waals surface area contributed by atoms with E-state index in [9.17, 15) is 9.18 Å². The van der Waals surface area contributed by atoms with Crippen molar-refractivity contribution >= 4 is 17.5 Å². The first-order valence-corrected chi connectivity index (χ1v) is 8.90. The first-order valence-electron chi connectivity index (χ1n) is 8.52. The van der Waals surface area contributed by atoms with E-state index >= 15 is 0 Å². The third-order valence-corrected chi connectivity index (χ3v) is 4.80. The number of halogens is 2. The Morgan fingerprint density at radius 1 is 1.54 bits per heavy atom. The number of benzene rings is 1. The fourth-order valence-electron chi connectivity index (χ4n) is 3.20. The molecule has 2 aromatic rings. The smallest absolute Gasteiger partial charge is 0.254 e. The lowest BCUT2D eigenvalue weighted by Gasteiger charge is -2.38. The summed E-state index contributed by atoms with van der Waals surface area (Å²) in [5.41, 5.74) is 0.857. The highest BCUT2D eigenvalue weighted by Crippen LogP contribution is 2.31. The highest BCUT2D eigenvalue weighted by Gasteiger charge is 2.29. The number of carbonyl (C=O) groups excluding carboxylic acids is 1. The Kier molecular flexibility index (Phi) is 5.90. The van der Waals surface area contributed by atoms with Crippen LogP contribution in [0.2, 0.25) is 5.02 Å². The lowest BCUT2D eigenvalue weighted by molar-refractivity contribution is -0.0346. The van der Waals surface area contributed by atoms with Crippen molar-refractivity contribution in [1.29, 1.82) is 0 Å². The second-order valence-electron chi connectivity index (χ2n) is 6.44. The number of nitrogens with one attached hydrogen (secondary N) is 1. The quantitative estimate of drug-likeness (QED) is 0.865. The first kappa shape index (κ1) is 18.8. The predicted molar refractivity (Wildman–Crippen MR) is 96.7 cm³/mol. The SMILES string of the molecule is CC1CN(C(CNC(=O)c2cnn(C)c2)c2c(F)cccc2Cl)CCO1. The fourth-order valence-corrected chi connectivity index (χ4v) is 3.49. The largest absolute Gasteiger partial charge is 0.376 e. The summed E-state index contributed by atoms with van der Waals surface area (Å²) in [6.45, 7) is 4.04. The molecule has 1 fully saturated rings. The molecule has 1 amide bonds. The summed E-state index contributed by atoms with van der Waals surface area (Å²) >= 11 is 6.29. The molecular formula is C18H22ClFN4O2. The minimum absolute atomic E-state index is 0.0332. The Hall–Kier alpha value is -1.96. The summed E-state index contributed by atoms with van der Waals surface area (Å²) in [4.78, 5) is 14.5. The van der Waals surface area contributed by atoms with Gasteiger partial charge >= 0.3 is 0 Å². The molecule has 1 aromatic carbocycles. The highest BCUT2D eigenvalue weighted by molar-refractivity contribution is 6.31. The Labute approximate surface area is 156 Å². The van der Waals surface area contributed by atoms with Gasteiger partial charge in [0.2, 0.25) is 0 Å². The van der Waals surface area contributed by atoms with Gasteiger partial charge in [0.25, 0.3) is 5.91 Å². The number of ether oxygens (including phenoxy) is 1. The van der Waals surface area contributed by atoms with Crippen LogP contribution in [0, 0.1) is 5.82 Å². The lowest BCUT2D eigenvalue weighted by Crippen LogP contribution is -2.46. The molecule has 2 heterocycles. The Balaban J connectivity index is 1.82. The van der Waals surface area contributed by atoms with Crippen LogP contribution in [0.3, 0.4) is 0 Å². The Morgan fingerprint density at radius 3 is 3.00 bits per heavy atom. The summed E-state index contributed by atoms with van der Waals surface area (Å²) in [5.74, 6) is -0.630. The molecule has 1 aromatic heterocycles. The molecule has 1 aliphatic rings. The topological polar surface area (TPSA) is 59.4 Å². The van der Waals surface area contributed by atoms with Gasteiger partial charge in [0.15, 0.2) is 0 Å². The van der Waals surface area contributed by atoms with E-state index in [4.69, 9.17) is 16.3 Å². The minimum Gasteiger partial charge on any atom is -0.376 e. The number of morpholine rings is 1. The summed E-state index contributed by atoms with van der Waals surface area (Å²) in [5, 5.41) is 7.23. The Bertz CT molecular complexity index is 762. The molecule has 0 spiro atoms. The van der Waals surface area contributed by atoms with Gasteiger partial charge in [-0.3, -0.25) is 14.4 Å². The fraction of sp³-hybridized carbons (Fsp3) is 0.444. The van der Waals surface area contributed by atoms with E-state index in [1.807, 2.05) is 6.92 Å². The van der Waals surface area contributed by atoms with E-state index in [0.29, 0.717) is 35.8 Å². The van der Waals surface area contributed by atoms with Crippen molar-refractivity contribution in [1.82, 2.24) is 20.0 Å². The molecule has 0 bridgehead atoms. The number of carbonyl (C=O) groups is 1. The van der Waals surface area contributed by atoms with E-state index < -0.39 is 0 Å². The number of nitrogens with zero attached hydrogens (tertiary/aromatic N) is 3. The highest BCUT2D eigenvalue weighted by atomic mass is 35.5. The van der Waals surface area contributed by atoms with Crippen LogP contribution in [-0.4, -0.2) is 52.9 Å². The molecule has 0 saturated carbocycles. The zero-order valence-corrected chi connectivity index (χ0v) is 15.5. The number of amides is 1. The van der Waals surface area contributed by atoms with Crippen LogP contribution >= 0.6 is 11.6 Å². The van der Waals surface area contributed by atoms with Crippen LogP contribution in [0.1, 0.15) is 28.9 Å². The number of hydrogen-bond acceptors (Lipinski definition) is 4. The van der Waals surface area contributed by atoms with E-state index in [1.54, 1.807) is 30.1 Å². The van der Waals surface area contributed by atoms with Gasteiger partial charge in [-0.05, 0) is 19.1 Å². The molecule has 1 aliphatic heterocycles. The van der Waals surface area contributed by atoms with Crippen molar-refractivity contribution in [2.45, 2.75) is 19.1 Å². The average molecular weight is 381 g/mol. The van der Waals surface area contributed by atoms with E-state index in [2.05, 4.69) is 15.3 Å². The van der Waals surface area contributed by atoms with Crippen molar-refractivity contribution in [2.75, 3.05) is 26.2 Å². The molecule has 26 heavy (non-hydrogen) atoms. The third kappa shape index (κ3) is 4.23. The van der Waals surface area contributed by atoms with Crippen molar-refractivity contribution in [3.05, 3.63) is 52.6 Å². The zero-order chi connectivity index (χ0) is 18.7. The molecule has 0 aliphatic carbocycles. The van der Waals surface area contributed by atoms with Crippen LogP contribution in [0.25, 0.3) is 0 Å². The number of aryl methyl sites for hydroxylation is 1. The van der Waals surface area contributed by atoms with Gasteiger partial charge in [-0.15, -0.1) is 0 Å². The lowest BCUT2D eigenvalue weighted by atomic mass is 10.0. The van der Waals surface area contributed by atoms with Crippen LogP contribution in [0.15, 0.2) is 30.6 Å². The zero-order valence-electron chi connectivity index (χ0n) is 14.8. The van der Waals surface area contributed by atoms with Gasteiger partial charge in [-0.1, -0.05) is 17.7 Å². The van der Waals surface area contributed by atoms with Crippen molar-refractivity contribution in [3.63, 3.8) is 0 Å². The van der Waals surface area contributed by atoms with Crippen molar-refractivity contribution < 1.29 is 13.9 Å². The second kappa shape index (κ2) is 8.16. The molecule has 8 heteroatoms. The molecule has 2 unspecified atom stereocenters. The van der Waals surface area contributed by atoms with Gasteiger partial charge in [0.1, 0.15) is 5.82 Å². The molecule has 3 rings (SSSR count). The first-order chi connectivity index (χ1) is 12.5. The maximum atomic E-state index is 14.5. The van der Waals surface area contributed by atoms with Gasteiger partial charge in [0.05, 0.1) is 30.5 Å². The molecule has 2 atom stereocenters. The molecule has 1 saturated heterocycles. The number of rotatable bonds is 5. The molecule has 140 valence electrons. The maximum Gasteiger partial charge on any atom is 0.254 e. The molecule has 6 nitrogen and oxygen atoms in total. The summed E-state index contributed by atoms with van der Waals surface area (Å²) in [6.07, 6.45) is 3.17. The Morgan fingerprint density at radius 2 is 2.35 bits per heavy atom. The molecule has 1 N–H and O–H groups in total. The molecule has 0 radical (unpaired) electrons. The maximum absolute atomic E-state index is 14.5. The summed E-state index contributed by atoms with van der Waals surface area (Å²) < 4.78 is 21.7. The van der Waals surface area contributed by atoms with Gasteiger partial charge in [-0.25, -0.2) is 4.39 Å². The van der Waals surface area contributed by atoms with E-state index in [0.717, 1.165) is 0 Å². The normalized spacial score (nSPS) is 19.3.